The molecule has 0 aliphatic rings. The number of carbonyl (C=O) groups is 1. The minimum atomic E-state index is -3.74. The molecule has 156 valence electrons. The van der Waals surface area contributed by atoms with Crippen LogP contribution in [0.15, 0.2) is 58.5 Å². The van der Waals surface area contributed by atoms with Crippen LogP contribution in [0.5, 0.6) is 5.75 Å². The summed E-state index contributed by atoms with van der Waals surface area (Å²) in [6, 6.07) is 12.3. The molecule has 0 aliphatic carbocycles. The van der Waals surface area contributed by atoms with Crippen molar-refractivity contribution in [2.45, 2.75) is 39.0 Å². The summed E-state index contributed by atoms with van der Waals surface area (Å²) in [4.78, 5) is 12.3. The zero-order chi connectivity index (χ0) is 21.4. The van der Waals surface area contributed by atoms with Gasteiger partial charge in [0, 0.05) is 17.0 Å². The summed E-state index contributed by atoms with van der Waals surface area (Å²) in [5.74, 6) is 0.538. The average Bonchev–Trinajstić information content (AvgIpc) is 2.72. The van der Waals surface area contributed by atoms with Gasteiger partial charge in [-0.3, -0.25) is 9.52 Å². The standard InChI is InChI=1S/C21H27N3O4S/c1-5-15(3)16(4)22-23-21(25)17-7-9-18(10-8-17)24-29(26,27)20-13-11-19(12-14-20)28-6-2/h7-15,24H,5-6H2,1-4H3,(H,23,25)/b22-16-/t15-/m1/s1. The molecule has 0 saturated carbocycles. The lowest BCUT2D eigenvalue weighted by Gasteiger charge is -2.10. The quantitative estimate of drug-likeness (QED) is 0.475. The molecule has 1 atom stereocenters. The van der Waals surface area contributed by atoms with Gasteiger partial charge < -0.3 is 4.74 Å². The lowest BCUT2D eigenvalue weighted by Crippen LogP contribution is -2.21. The Labute approximate surface area is 172 Å². The molecule has 29 heavy (non-hydrogen) atoms. The number of hydrazone groups is 1. The van der Waals surface area contributed by atoms with Gasteiger partial charge in [-0.15, -0.1) is 0 Å². The topological polar surface area (TPSA) is 96.9 Å². The van der Waals surface area contributed by atoms with E-state index < -0.39 is 10.0 Å². The number of nitrogens with zero attached hydrogens (tertiary/aromatic N) is 1. The molecular formula is C21H27N3O4S. The Balaban J connectivity index is 2.05. The molecule has 0 aliphatic heterocycles. The van der Waals surface area contributed by atoms with Gasteiger partial charge in [0.05, 0.1) is 11.5 Å². The van der Waals surface area contributed by atoms with Crippen molar-refractivity contribution in [3.8, 4) is 5.75 Å². The van der Waals surface area contributed by atoms with Crippen molar-refractivity contribution in [3.63, 3.8) is 0 Å². The normalized spacial score (nSPS) is 12.9. The molecule has 1 amide bonds. The molecule has 2 aromatic carbocycles. The van der Waals surface area contributed by atoms with Crippen molar-refractivity contribution in [1.82, 2.24) is 5.43 Å². The lowest BCUT2D eigenvalue weighted by molar-refractivity contribution is 0.0954. The van der Waals surface area contributed by atoms with E-state index in [1.807, 2.05) is 20.8 Å². The summed E-state index contributed by atoms with van der Waals surface area (Å²) in [6.45, 7) is 8.32. The van der Waals surface area contributed by atoms with E-state index in [9.17, 15) is 13.2 Å². The Morgan fingerprint density at radius 1 is 1.07 bits per heavy atom. The van der Waals surface area contributed by atoms with Crippen LogP contribution in [0.1, 0.15) is 44.5 Å². The molecule has 0 radical (unpaired) electrons. The van der Waals surface area contributed by atoms with Crippen LogP contribution in [0.25, 0.3) is 0 Å². The molecule has 8 heteroatoms. The van der Waals surface area contributed by atoms with Gasteiger partial charge >= 0.3 is 0 Å². The van der Waals surface area contributed by atoms with Gasteiger partial charge in [-0.05, 0) is 74.7 Å². The smallest absolute Gasteiger partial charge is 0.271 e. The molecule has 0 aromatic heterocycles. The second-order valence-corrected chi connectivity index (χ2v) is 8.27. The molecule has 0 spiro atoms. The first-order valence-electron chi connectivity index (χ1n) is 9.47. The largest absolute Gasteiger partial charge is 0.494 e. The fourth-order valence-corrected chi connectivity index (χ4v) is 3.45. The third-order valence-corrected chi connectivity index (χ3v) is 5.90. The molecular weight excluding hydrogens is 390 g/mol. The zero-order valence-corrected chi connectivity index (χ0v) is 17.9. The van der Waals surface area contributed by atoms with Crippen LogP contribution < -0.4 is 14.9 Å². The monoisotopic (exact) mass is 417 g/mol. The molecule has 0 bridgehead atoms. The predicted molar refractivity (Wildman–Crippen MR) is 115 cm³/mol. The van der Waals surface area contributed by atoms with Crippen LogP contribution in [0.4, 0.5) is 5.69 Å². The van der Waals surface area contributed by atoms with Gasteiger partial charge in [-0.25, -0.2) is 13.8 Å². The van der Waals surface area contributed by atoms with Gasteiger partial charge in [0.15, 0.2) is 0 Å². The number of ether oxygens (including phenoxy) is 1. The minimum Gasteiger partial charge on any atom is -0.494 e. The van der Waals surface area contributed by atoms with Crippen molar-refractivity contribution in [1.29, 1.82) is 0 Å². The molecule has 0 saturated heterocycles. The Kier molecular flexibility index (Phi) is 7.78. The van der Waals surface area contributed by atoms with E-state index in [4.69, 9.17) is 4.74 Å². The van der Waals surface area contributed by atoms with Crippen LogP contribution in [-0.4, -0.2) is 26.6 Å². The Morgan fingerprint density at radius 3 is 2.24 bits per heavy atom. The summed E-state index contributed by atoms with van der Waals surface area (Å²) >= 11 is 0. The van der Waals surface area contributed by atoms with E-state index in [0.717, 1.165) is 12.1 Å². The third-order valence-electron chi connectivity index (χ3n) is 4.50. The van der Waals surface area contributed by atoms with E-state index in [0.29, 0.717) is 23.6 Å². The number of nitrogens with one attached hydrogen (secondary N) is 2. The maximum Gasteiger partial charge on any atom is 0.271 e. The predicted octanol–water partition coefficient (Wildman–Crippen LogP) is 4.04. The summed E-state index contributed by atoms with van der Waals surface area (Å²) in [5.41, 5.74) is 4.11. The highest BCUT2D eigenvalue weighted by Gasteiger charge is 2.15. The Hall–Kier alpha value is -2.87. The van der Waals surface area contributed by atoms with Crippen LogP contribution in [-0.2, 0) is 10.0 Å². The number of carbonyl (C=O) groups excluding carboxylic acids is 1. The number of sulfonamides is 1. The fourth-order valence-electron chi connectivity index (χ4n) is 2.39. The minimum absolute atomic E-state index is 0.123. The first kappa shape index (κ1) is 22.4. The molecule has 0 fully saturated rings. The van der Waals surface area contributed by atoms with Crippen molar-refractivity contribution in [3.05, 3.63) is 54.1 Å². The first-order chi connectivity index (χ1) is 13.8. The van der Waals surface area contributed by atoms with Gasteiger partial charge in [0.2, 0.25) is 0 Å². The SMILES string of the molecule is CCOc1ccc(S(=O)(=O)Nc2ccc(C(=O)N/N=C(/C)[C@H](C)CC)cc2)cc1. The highest BCUT2D eigenvalue weighted by atomic mass is 32.2. The van der Waals surface area contributed by atoms with Crippen LogP contribution in [0, 0.1) is 5.92 Å². The van der Waals surface area contributed by atoms with E-state index >= 15 is 0 Å². The first-order valence-corrected chi connectivity index (χ1v) is 11.0. The Bertz CT molecular complexity index is 952. The second-order valence-electron chi connectivity index (χ2n) is 6.59. The molecule has 0 unspecified atom stereocenters. The van der Waals surface area contributed by atoms with E-state index in [1.165, 1.54) is 24.3 Å². The lowest BCUT2D eigenvalue weighted by atomic mass is 10.1. The molecule has 7 nitrogen and oxygen atoms in total. The van der Waals surface area contributed by atoms with E-state index in [2.05, 4.69) is 22.2 Å². The maximum atomic E-state index is 12.5. The summed E-state index contributed by atoms with van der Waals surface area (Å²) in [6.07, 6.45) is 0.939. The number of amides is 1. The molecule has 2 N–H and O–H groups in total. The maximum absolute atomic E-state index is 12.5. The average molecular weight is 418 g/mol. The summed E-state index contributed by atoms with van der Waals surface area (Å²) in [5, 5.41) is 4.11. The van der Waals surface area contributed by atoms with Gasteiger partial charge in [-0.1, -0.05) is 13.8 Å². The molecule has 0 heterocycles. The number of hydrogen-bond donors (Lipinski definition) is 2. The van der Waals surface area contributed by atoms with Crippen molar-refractivity contribution < 1.29 is 17.9 Å². The number of anilines is 1. The number of benzene rings is 2. The van der Waals surface area contributed by atoms with Crippen LogP contribution in [0.2, 0.25) is 0 Å². The van der Waals surface area contributed by atoms with Gasteiger partial charge in [0.1, 0.15) is 5.75 Å². The molecule has 2 aromatic rings. The van der Waals surface area contributed by atoms with E-state index in [-0.39, 0.29) is 16.7 Å². The highest BCUT2D eigenvalue weighted by Crippen LogP contribution is 2.19. The summed E-state index contributed by atoms with van der Waals surface area (Å²) < 4.78 is 32.8. The highest BCUT2D eigenvalue weighted by molar-refractivity contribution is 7.92. The van der Waals surface area contributed by atoms with E-state index in [1.54, 1.807) is 24.3 Å². The number of rotatable bonds is 9. The zero-order valence-electron chi connectivity index (χ0n) is 17.1. The Morgan fingerprint density at radius 2 is 1.69 bits per heavy atom. The fraction of sp³-hybridized carbons (Fsp3) is 0.333. The van der Waals surface area contributed by atoms with Crippen LogP contribution in [0.3, 0.4) is 0 Å². The third kappa shape index (κ3) is 6.32. The molecule has 2 rings (SSSR count). The second kappa shape index (κ2) is 10.1. The van der Waals surface area contributed by atoms with Gasteiger partial charge in [-0.2, -0.15) is 5.10 Å². The van der Waals surface area contributed by atoms with Crippen molar-refractivity contribution in [2.75, 3.05) is 11.3 Å². The van der Waals surface area contributed by atoms with Crippen LogP contribution >= 0.6 is 0 Å². The summed E-state index contributed by atoms with van der Waals surface area (Å²) in [7, 11) is -3.74. The number of hydrogen-bond acceptors (Lipinski definition) is 5. The van der Waals surface area contributed by atoms with Crippen molar-refractivity contribution >= 4 is 27.3 Å². The van der Waals surface area contributed by atoms with Gasteiger partial charge in [0.25, 0.3) is 15.9 Å². The van der Waals surface area contributed by atoms with Crippen molar-refractivity contribution in [2.24, 2.45) is 11.0 Å².